The highest BCUT2D eigenvalue weighted by molar-refractivity contribution is 9.10. The lowest BCUT2D eigenvalue weighted by Crippen LogP contribution is -2.13. The van der Waals surface area contributed by atoms with E-state index in [1.165, 1.54) is 36.4 Å². The zero-order chi connectivity index (χ0) is 21.7. The summed E-state index contributed by atoms with van der Waals surface area (Å²) in [4.78, 5) is 23.6. The molecule has 0 aliphatic heterocycles. The van der Waals surface area contributed by atoms with Crippen LogP contribution in [0.15, 0.2) is 82.2 Å². The summed E-state index contributed by atoms with van der Waals surface area (Å²) < 4.78 is 33.3. The number of nitrogens with two attached hydrogens (primary N) is 1. The third-order valence-corrected chi connectivity index (χ3v) is 6.00. The van der Waals surface area contributed by atoms with E-state index in [9.17, 15) is 18.0 Å². The predicted molar refractivity (Wildman–Crippen MR) is 115 cm³/mol. The number of anilines is 1. The largest absolute Gasteiger partial charge is 0.457 e. The Morgan fingerprint density at radius 3 is 2.23 bits per heavy atom. The van der Waals surface area contributed by atoms with E-state index in [4.69, 9.17) is 10.5 Å². The van der Waals surface area contributed by atoms with Gasteiger partial charge in [-0.2, -0.15) is 0 Å². The van der Waals surface area contributed by atoms with Gasteiger partial charge in [0, 0.05) is 15.7 Å². The molecule has 0 radical (unpaired) electrons. The molecule has 0 aliphatic rings. The van der Waals surface area contributed by atoms with Gasteiger partial charge in [-0.1, -0.05) is 28.1 Å². The number of nitrogens with one attached hydrogen (secondary N) is 1. The molecule has 0 aliphatic carbocycles. The van der Waals surface area contributed by atoms with E-state index in [1.807, 2.05) is 0 Å². The number of ether oxygens (including phenoxy) is 1. The first kappa shape index (κ1) is 21.5. The number of primary amides is 1. The number of esters is 1. The fraction of sp³-hybridized carbons (Fsp3) is 0.0476. The van der Waals surface area contributed by atoms with E-state index in [2.05, 4.69) is 20.7 Å². The van der Waals surface area contributed by atoms with Crippen molar-refractivity contribution in [3.8, 4) is 0 Å². The summed E-state index contributed by atoms with van der Waals surface area (Å²) in [6.07, 6.45) is 0. The van der Waals surface area contributed by atoms with Gasteiger partial charge in [-0.25, -0.2) is 13.2 Å². The van der Waals surface area contributed by atoms with Crippen molar-refractivity contribution in [3.63, 3.8) is 0 Å². The van der Waals surface area contributed by atoms with Crippen LogP contribution >= 0.6 is 15.9 Å². The van der Waals surface area contributed by atoms with Crippen LogP contribution < -0.4 is 10.5 Å². The third kappa shape index (κ3) is 5.46. The van der Waals surface area contributed by atoms with Gasteiger partial charge in [0.2, 0.25) is 5.91 Å². The van der Waals surface area contributed by atoms with Gasteiger partial charge >= 0.3 is 5.97 Å². The Morgan fingerprint density at radius 2 is 1.60 bits per heavy atom. The van der Waals surface area contributed by atoms with Gasteiger partial charge in [0.15, 0.2) is 0 Å². The standard InChI is InChI=1S/C21H17BrN2O5S/c22-17-6-10-19(11-7-17)30(27,28)24-18-8-4-15(5-9-18)21(26)29-13-14-2-1-3-16(12-14)20(23)25/h1-12,24H,13H2,(H2,23,25). The molecule has 0 fully saturated rings. The highest BCUT2D eigenvalue weighted by Gasteiger charge is 2.15. The summed E-state index contributed by atoms with van der Waals surface area (Å²) in [7, 11) is -3.75. The van der Waals surface area contributed by atoms with Crippen LogP contribution in [0, 0.1) is 0 Å². The molecule has 0 saturated carbocycles. The highest BCUT2D eigenvalue weighted by atomic mass is 79.9. The van der Waals surface area contributed by atoms with Gasteiger partial charge in [-0.15, -0.1) is 0 Å². The molecule has 3 aromatic carbocycles. The van der Waals surface area contributed by atoms with E-state index in [-0.39, 0.29) is 17.1 Å². The molecule has 7 nitrogen and oxygen atoms in total. The van der Waals surface area contributed by atoms with Crippen molar-refractivity contribution in [2.75, 3.05) is 4.72 Å². The van der Waals surface area contributed by atoms with E-state index in [0.29, 0.717) is 16.8 Å². The van der Waals surface area contributed by atoms with E-state index >= 15 is 0 Å². The first-order valence-electron chi connectivity index (χ1n) is 8.69. The molecule has 0 unspecified atom stereocenters. The Labute approximate surface area is 182 Å². The monoisotopic (exact) mass is 488 g/mol. The second-order valence-corrected chi connectivity index (χ2v) is 8.88. The molecule has 1 amide bonds. The van der Waals surface area contributed by atoms with Gasteiger partial charge in [0.05, 0.1) is 10.5 Å². The smallest absolute Gasteiger partial charge is 0.338 e. The lowest BCUT2D eigenvalue weighted by atomic mass is 10.1. The summed E-state index contributed by atoms with van der Waals surface area (Å²) in [5, 5.41) is 0. The van der Waals surface area contributed by atoms with Crippen molar-refractivity contribution in [3.05, 3.63) is 94.0 Å². The topological polar surface area (TPSA) is 116 Å². The number of sulfonamides is 1. The number of rotatable bonds is 7. The maximum absolute atomic E-state index is 12.4. The number of carbonyl (C=O) groups excluding carboxylic acids is 2. The van der Waals surface area contributed by atoms with Crippen molar-refractivity contribution in [1.82, 2.24) is 0 Å². The Morgan fingerprint density at radius 1 is 0.933 bits per heavy atom. The molecular weight excluding hydrogens is 472 g/mol. The van der Waals surface area contributed by atoms with Crippen LogP contribution in [-0.4, -0.2) is 20.3 Å². The molecule has 154 valence electrons. The molecule has 0 aromatic heterocycles. The molecule has 9 heteroatoms. The van der Waals surface area contributed by atoms with Crippen molar-refractivity contribution >= 4 is 43.5 Å². The average molecular weight is 489 g/mol. The zero-order valence-electron chi connectivity index (χ0n) is 15.5. The Balaban J connectivity index is 1.63. The van der Waals surface area contributed by atoms with E-state index < -0.39 is 21.9 Å². The predicted octanol–water partition coefficient (Wildman–Crippen LogP) is 3.71. The first-order chi connectivity index (χ1) is 14.2. The van der Waals surface area contributed by atoms with Crippen LogP contribution in [0.4, 0.5) is 5.69 Å². The first-order valence-corrected chi connectivity index (χ1v) is 11.0. The van der Waals surface area contributed by atoms with Gasteiger partial charge < -0.3 is 10.5 Å². The molecule has 3 aromatic rings. The summed E-state index contributed by atoms with van der Waals surface area (Å²) in [5.41, 5.74) is 6.75. The summed E-state index contributed by atoms with van der Waals surface area (Å²) in [5.74, 6) is -1.15. The SMILES string of the molecule is NC(=O)c1cccc(COC(=O)c2ccc(NS(=O)(=O)c3ccc(Br)cc3)cc2)c1. The van der Waals surface area contributed by atoms with Crippen LogP contribution in [0.3, 0.4) is 0 Å². The molecular formula is C21H17BrN2O5S. The lowest BCUT2D eigenvalue weighted by Gasteiger charge is -2.09. The van der Waals surface area contributed by atoms with Crippen LogP contribution in [0.5, 0.6) is 0 Å². The fourth-order valence-electron chi connectivity index (χ4n) is 2.55. The lowest BCUT2D eigenvalue weighted by molar-refractivity contribution is 0.0472. The summed E-state index contributed by atoms with van der Waals surface area (Å²) in [6, 6.07) is 18.6. The minimum atomic E-state index is -3.75. The van der Waals surface area contributed by atoms with Gasteiger partial charge in [0.25, 0.3) is 10.0 Å². The molecule has 0 spiro atoms. The van der Waals surface area contributed by atoms with Crippen LogP contribution in [0.25, 0.3) is 0 Å². The van der Waals surface area contributed by atoms with Crippen molar-refractivity contribution in [2.45, 2.75) is 11.5 Å². The number of benzene rings is 3. The Hall–Kier alpha value is -3.17. The van der Waals surface area contributed by atoms with E-state index in [1.54, 1.807) is 36.4 Å². The second-order valence-electron chi connectivity index (χ2n) is 6.28. The molecule has 3 rings (SSSR count). The molecule has 0 saturated heterocycles. The maximum atomic E-state index is 12.4. The highest BCUT2D eigenvalue weighted by Crippen LogP contribution is 2.19. The van der Waals surface area contributed by atoms with Gasteiger partial charge in [0.1, 0.15) is 6.61 Å². The molecule has 30 heavy (non-hydrogen) atoms. The number of hydrogen-bond donors (Lipinski definition) is 2. The van der Waals surface area contributed by atoms with Crippen LogP contribution in [0.1, 0.15) is 26.3 Å². The van der Waals surface area contributed by atoms with Crippen molar-refractivity contribution in [2.24, 2.45) is 5.73 Å². The molecule has 0 heterocycles. The van der Waals surface area contributed by atoms with Gasteiger partial charge in [-0.3, -0.25) is 9.52 Å². The van der Waals surface area contributed by atoms with E-state index in [0.717, 1.165) is 4.47 Å². The summed E-state index contributed by atoms with van der Waals surface area (Å²) >= 11 is 3.26. The quantitative estimate of drug-likeness (QED) is 0.491. The minimum Gasteiger partial charge on any atom is -0.457 e. The normalized spacial score (nSPS) is 11.0. The summed E-state index contributed by atoms with van der Waals surface area (Å²) in [6.45, 7) is -0.0299. The molecule has 0 bridgehead atoms. The Kier molecular flexibility index (Phi) is 6.53. The molecule has 0 atom stereocenters. The van der Waals surface area contributed by atoms with Crippen molar-refractivity contribution < 1.29 is 22.7 Å². The fourth-order valence-corrected chi connectivity index (χ4v) is 3.87. The maximum Gasteiger partial charge on any atom is 0.338 e. The minimum absolute atomic E-state index is 0.0299. The van der Waals surface area contributed by atoms with Gasteiger partial charge in [-0.05, 0) is 66.2 Å². The third-order valence-electron chi connectivity index (χ3n) is 4.08. The number of halogens is 1. The number of amides is 1. The Bertz CT molecular complexity index is 1180. The van der Waals surface area contributed by atoms with Crippen LogP contribution in [0.2, 0.25) is 0 Å². The number of hydrogen-bond acceptors (Lipinski definition) is 5. The van der Waals surface area contributed by atoms with Crippen LogP contribution in [-0.2, 0) is 21.4 Å². The average Bonchev–Trinajstić information content (AvgIpc) is 2.73. The zero-order valence-corrected chi connectivity index (χ0v) is 17.9. The van der Waals surface area contributed by atoms with Crippen molar-refractivity contribution in [1.29, 1.82) is 0 Å². The number of carbonyl (C=O) groups is 2. The second kappa shape index (κ2) is 9.10. The molecule has 3 N–H and O–H groups in total.